The highest BCUT2D eigenvalue weighted by atomic mass is 19.1. The van der Waals surface area contributed by atoms with E-state index in [1.165, 1.54) is 12.1 Å². The van der Waals surface area contributed by atoms with E-state index in [1.807, 2.05) is 47.9 Å². The SMILES string of the molecule is CC(C)C(=O)N1CCc2ccc(OCc3ccc(C(=O)N4CCCC4)o3)cc2C1c1cccc(F)c1. The van der Waals surface area contributed by atoms with E-state index >= 15 is 0 Å². The van der Waals surface area contributed by atoms with E-state index < -0.39 is 6.04 Å². The van der Waals surface area contributed by atoms with Crippen molar-refractivity contribution in [2.75, 3.05) is 19.6 Å². The third-order valence-corrected chi connectivity index (χ3v) is 6.93. The summed E-state index contributed by atoms with van der Waals surface area (Å²) in [5, 5.41) is 0. The van der Waals surface area contributed by atoms with Crippen molar-refractivity contribution in [3.8, 4) is 5.75 Å². The molecule has 0 bridgehead atoms. The van der Waals surface area contributed by atoms with Gasteiger partial charge in [-0.3, -0.25) is 9.59 Å². The number of furan rings is 1. The van der Waals surface area contributed by atoms with Crippen molar-refractivity contribution in [3.63, 3.8) is 0 Å². The summed E-state index contributed by atoms with van der Waals surface area (Å²) >= 11 is 0. The average molecular weight is 491 g/mol. The predicted molar refractivity (Wildman–Crippen MR) is 133 cm³/mol. The lowest BCUT2D eigenvalue weighted by Crippen LogP contribution is -2.42. The van der Waals surface area contributed by atoms with Crippen LogP contribution in [0.25, 0.3) is 0 Å². The predicted octanol–water partition coefficient (Wildman–Crippen LogP) is 5.36. The third kappa shape index (κ3) is 4.87. The Bertz CT molecular complexity index is 1260. The molecule has 0 spiro atoms. The zero-order chi connectivity index (χ0) is 25.2. The van der Waals surface area contributed by atoms with Crippen molar-refractivity contribution in [2.45, 2.75) is 45.8 Å². The summed E-state index contributed by atoms with van der Waals surface area (Å²) in [6.45, 7) is 6.04. The molecule has 1 saturated heterocycles. The number of amides is 2. The van der Waals surface area contributed by atoms with Crippen LogP contribution in [-0.4, -0.2) is 41.2 Å². The van der Waals surface area contributed by atoms with Gasteiger partial charge in [0.2, 0.25) is 5.91 Å². The van der Waals surface area contributed by atoms with Crippen molar-refractivity contribution in [1.82, 2.24) is 9.80 Å². The fourth-order valence-electron chi connectivity index (χ4n) is 5.09. The van der Waals surface area contributed by atoms with Crippen LogP contribution >= 0.6 is 0 Å². The second-order valence-electron chi connectivity index (χ2n) is 9.81. The molecule has 0 saturated carbocycles. The minimum absolute atomic E-state index is 0.0343. The number of benzene rings is 2. The normalized spacial score (nSPS) is 17.4. The summed E-state index contributed by atoms with van der Waals surface area (Å²) in [6.07, 6.45) is 2.77. The number of hydrogen-bond donors (Lipinski definition) is 0. The highest BCUT2D eigenvalue weighted by Crippen LogP contribution is 2.38. The van der Waals surface area contributed by atoms with Gasteiger partial charge in [-0.15, -0.1) is 0 Å². The molecule has 36 heavy (non-hydrogen) atoms. The van der Waals surface area contributed by atoms with Crippen LogP contribution in [0.4, 0.5) is 4.39 Å². The maximum Gasteiger partial charge on any atom is 0.289 e. The smallest absolute Gasteiger partial charge is 0.289 e. The fourth-order valence-corrected chi connectivity index (χ4v) is 5.09. The van der Waals surface area contributed by atoms with Crippen molar-refractivity contribution in [2.24, 2.45) is 5.92 Å². The lowest BCUT2D eigenvalue weighted by atomic mass is 9.87. The number of hydrogen-bond acceptors (Lipinski definition) is 4. The molecule has 5 rings (SSSR count). The molecule has 0 N–H and O–H groups in total. The summed E-state index contributed by atoms with van der Waals surface area (Å²) < 4.78 is 26.0. The van der Waals surface area contributed by atoms with E-state index in [0.717, 1.165) is 49.0 Å². The van der Waals surface area contributed by atoms with Gasteiger partial charge in [0.05, 0.1) is 6.04 Å². The first-order valence-electron chi connectivity index (χ1n) is 12.6. The van der Waals surface area contributed by atoms with Crippen LogP contribution in [0.1, 0.15) is 65.7 Å². The van der Waals surface area contributed by atoms with E-state index in [1.54, 1.807) is 18.2 Å². The standard InChI is InChI=1S/C29H31FN2O4/c1-19(2)28(33)32-15-12-20-8-9-23(17-25(20)27(32)21-6-5-7-22(30)16-21)35-18-24-10-11-26(36-24)29(34)31-13-3-4-14-31/h5-11,16-17,19,27H,3-4,12-15,18H2,1-2H3. The molecule has 6 nitrogen and oxygen atoms in total. The molecule has 2 amide bonds. The van der Waals surface area contributed by atoms with Crippen LogP contribution in [0.15, 0.2) is 59.0 Å². The lowest BCUT2D eigenvalue weighted by molar-refractivity contribution is -0.136. The first-order valence-corrected chi connectivity index (χ1v) is 12.6. The Morgan fingerprint density at radius 1 is 1.06 bits per heavy atom. The lowest BCUT2D eigenvalue weighted by Gasteiger charge is -2.39. The number of fused-ring (bicyclic) bond motifs is 1. The minimum Gasteiger partial charge on any atom is -0.486 e. The summed E-state index contributed by atoms with van der Waals surface area (Å²) in [5.74, 6) is 0.966. The zero-order valence-electron chi connectivity index (χ0n) is 20.7. The summed E-state index contributed by atoms with van der Waals surface area (Å²) in [7, 11) is 0. The molecule has 1 aromatic heterocycles. The van der Waals surface area contributed by atoms with Gasteiger partial charge in [0.25, 0.3) is 5.91 Å². The Morgan fingerprint density at radius 2 is 1.86 bits per heavy atom. The van der Waals surface area contributed by atoms with Gasteiger partial charge in [-0.25, -0.2) is 4.39 Å². The fraction of sp³-hybridized carbons (Fsp3) is 0.379. The van der Waals surface area contributed by atoms with Gasteiger partial charge < -0.3 is 19.0 Å². The Labute approximate surface area is 210 Å². The number of likely N-dealkylation sites (tertiary alicyclic amines) is 1. The van der Waals surface area contributed by atoms with Crippen molar-refractivity contribution >= 4 is 11.8 Å². The van der Waals surface area contributed by atoms with Gasteiger partial charge in [-0.2, -0.15) is 0 Å². The summed E-state index contributed by atoms with van der Waals surface area (Å²) in [4.78, 5) is 29.3. The van der Waals surface area contributed by atoms with E-state index in [9.17, 15) is 14.0 Å². The topological polar surface area (TPSA) is 63.0 Å². The quantitative estimate of drug-likeness (QED) is 0.467. The van der Waals surface area contributed by atoms with Crippen LogP contribution in [0, 0.1) is 11.7 Å². The molecule has 1 atom stereocenters. The minimum atomic E-state index is -0.392. The molecule has 2 aromatic carbocycles. The van der Waals surface area contributed by atoms with Crippen molar-refractivity contribution < 1.29 is 23.1 Å². The Morgan fingerprint density at radius 3 is 2.61 bits per heavy atom. The molecular weight excluding hydrogens is 459 g/mol. The van der Waals surface area contributed by atoms with Gasteiger partial charge >= 0.3 is 0 Å². The highest BCUT2D eigenvalue weighted by Gasteiger charge is 2.33. The van der Waals surface area contributed by atoms with E-state index in [2.05, 4.69) is 0 Å². The maximum atomic E-state index is 14.2. The third-order valence-electron chi connectivity index (χ3n) is 6.93. The molecule has 0 aliphatic carbocycles. The number of nitrogens with zero attached hydrogens (tertiary/aromatic N) is 2. The van der Waals surface area contributed by atoms with Crippen LogP contribution in [-0.2, 0) is 17.8 Å². The molecule has 7 heteroatoms. The summed E-state index contributed by atoms with van der Waals surface area (Å²) in [5.41, 5.74) is 2.78. The average Bonchev–Trinajstić information content (AvgIpc) is 3.58. The van der Waals surface area contributed by atoms with Gasteiger partial charge in [-0.1, -0.05) is 32.0 Å². The molecule has 3 heterocycles. The molecule has 1 unspecified atom stereocenters. The molecule has 2 aliphatic heterocycles. The second kappa shape index (κ2) is 10.2. The molecule has 0 radical (unpaired) electrons. The number of rotatable bonds is 6. The van der Waals surface area contributed by atoms with E-state index in [4.69, 9.17) is 9.15 Å². The number of ether oxygens (including phenoxy) is 1. The van der Waals surface area contributed by atoms with Crippen LogP contribution in [0.3, 0.4) is 0 Å². The van der Waals surface area contributed by atoms with E-state index in [-0.39, 0.29) is 30.2 Å². The van der Waals surface area contributed by atoms with Crippen LogP contribution in [0.2, 0.25) is 0 Å². The van der Waals surface area contributed by atoms with Crippen LogP contribution in [0.5, 0.6) is 5.75 Å². The van der Waals surface area contributed by atoms with Crippen LogP contribution < -0.4 is 4.74 Å². The molecule has 2 aliphatic rings. The zero-order valence-corrected chi connectivity index (χ0v) is 20.7. The van der Waals surface area contributed by atoms with E-state index in [0.29, 0.717) is 23.8 Å². The monoisotopic (exact) mass is 490 g/mol. The first kappa shape index (κ1) is 24.1. The highest BCUT2D eigenvalue weighted by molar-refractivity contribution is 5.91. The number of carbonyl (C=O) groups is 2. The second-order valence-corrected chi connectivity index (χ2v) is 9.81. The molecule has 1 fully saturated rings. The summed E-state index contributed by atoms with van der Waals surface area (Å²) in [6, 6.07) is 15.4. The van der Waals surface area contributed by atoms with Crippen molar-refractivity contribution in [1.29, 1.82) is 0 Å². The van der Waals surface area contributed by atoms with Gasteiger partial charge in [0.15, 0.2) is 5.76 Å². The maximum absolute atomic E-state index is 14.2. The van der Waals surface area contributed by atoms with Crippen molar-refractivity contribution in [3.05, 3.63) is 88.6 Å². The van der Waals surface area contributed by atoms with Gasteiger partial charge in [-0.05, 0) is 72.4 Å². The Kier molecular flexibility index (Phi) is 6.81. The molecule has 3 aromatic rings. The van der Waals surface area contributed by atoms with Gasteiger partial charge in [0, 0.05) is 25.6 Å². The molecular formula is C29H31FN2O4. The molecule has 188 valence electrons. The van der Waals surface area contributed by atoms with Gasteiger partial charge in [0.1, 0.15) is 23.9 Å². The largest absolute Gasteiger partial charge is 0.486 e. The Hall–Kier alpha value is -3.61. The number of carbonyl (C=O) groups excluding carboxylic acids is 2. The number of halogens is 1. The Balaban J connectivity index is 1.38. The first-order chi connectivity index (χ1) is 17.4.